The van der Waals surface area contributed by atoms with Crippen molar-refractivity contribution in [3.05, 3.63) is 48.0 Å². The summed E-state index contributed by atoms with van der Waals surface area (Å²) in [4.78, 5) is 16.5. The zero-order valence-corrected chi connectivity index (χ0v) is 14.6. The minimum Gasteiger partial charge on any atom is -0.350 e. The highest BCUT2D eigenvalue weighted by Gasteiger charge is 2.28. The molecular weight excluding hydrogens is 335 g/mol. The zero-order chi connectivity index (χ0) is 14.8. The third-order valence-electron chi connectivity index (χ3n) is 3.91. The van der Waals surface area contributed by atoms with E-state index in [-0.39, 0.29) is 36.8 Å². The molecule has 1 atom stereocenters. The monoisotopic (exact) mass is 356 g/mol. The highest BCUT2D eigenvalue weighted by atomic mass is 35.5. The number of nitrogens with one attached hydrogen (secondary N) is 1. The van der Waals surface area contributed by atoms with E-state index >= 15 is 0 Å². The Balaban J connectivity index is 0.00000132. The van der Waals surface area contributed by atoms with E-state index < -0.39 is 0 Å². The van der Waals surface area contributed by atoms with Crippen LogP contribution in [0.4, 0.5) is 0 Å². The standard InChI is InChI=1S/C16H20N4O.2ClH/c1-11-2-5-15(20-7-6-18-10-20)13(8-11)16(21)19-9-14(17)12-3-4-12;;/h2,5-8,10,12,14H,3-4,9,17H2,1H3,(H,19,21);2*1H. The number of hydrogen-bond donors (Lipinski definition) is 2. The molecule has 1 heterocycles. The second-order valence-electron chi connectivity index (χ2n) is 5.70. The molecule has 1 fully saturated rings. The fourth-order valence-corrected chi connectivity index (χ4v) is 2.46. The number of halogens is 2. The fourth-order valence-electron chi connectivity index (χ4n) is 2.46. The summed E-state index contributed by atoms with van der Waals surface area (Å²) in [5.74, 6) is 0.495. The molecule has 0 spiro atoms. The Kier molecular flexibility index (Phi) is 7.06. The molecule has 0 radical (unpaired) electrons. The van der Waals surface area contributed by atoms with Crippen LogP contribution in [0.15, 0.2) is 36.9 Å². The Morgan fingerprint density at radius 2 is 2.17 bits per heavy atom. The smallest absolute Gasteiger partial charge is 0.253 e. The lowest BCUT2D eigenvalue weighted by Gasteiger charge is -2.14. The normalized spacial score (nSPS) is 14.3. The van der Waals surface area contributed by atoms with Crippen molar-refractivity contribution in [3.8, 4) is 5.69 Å². The molecule has 0 bridgehead atoms. The molecule has 1 aliphatic rings. The van der Waals surface area contributed by atoms with Crippen LogP contribution in [-0.2, 0) is 0 Å². The molecular formula is C16H22Cl2N4O. The van der Waals surface area contributed by atoms with Gasteiger partial charge in [0.05, 0.1) is 17.6 Å². The van der Waals surface area contributed by atoms with Gasteiger partial charge in [0.1, 0.15) is 0 Å². The highest BCUT2D eigenvalue weighted by Crippen LogP contribution is 2.31. The summed E-state index contributed by atoms with van der Waals surface area (Å²) in [7, 11) is 0. The maximum atomic E-state index is 12.5. The molecule has 7 heteroatoms. The molecule has 3 rings (SSSR count). The summed E-state index contributed by atoms with van der Waals surface area (Å²) >= 11 is 0. The van der Waals surface area contributed by atoms with Crippen molar-refractivity contribution in [1.29, 1.82) is 0 Å². The van der Waals surface area contributed by atoms with Crippen LogP contribution in [0.1, 0.15) is 28.8 Å². The number of nitrogens with zero attached hydrogens (tertiary/aromatic N) is 2. The average molecular weight is 357 g/mol. The second-order valence-corrected chi connectivity index (χ2v) is 5.70. The van der Waals surface area contributed by atoms with Crippen LogP contribution in [0.25, 0.3) is 5.69 Å². The molecule has 1 amide bonds. The first kappa shape index (κ1) is 19.5. The summed E-state index contributed by atoms with van der Waals surface area (Å²) in [6, 6.07) is 5.89. The van der Waals surface area contributed by atoms with E-state index in [0.717, 1.165) is 11.3 Å². The fraction of sp³-hybridized carbons (Fsp3) is 0.375. The van der Waals surface area contributed by atoms with Crippen LogP contribution < -0.4 is 11.1 Å². The van der Waals surface area contributed by atoms with Crippen molar-refractivity contribution in [2.75, 3.05) is 6.54 Å². The van der Waals surface area contributed by atoms with E-state index in [1.807, 2.05) is 35.9 Å². The Morgan fingerprint density at radius 1 is 1.43 bits per heavy atom. The minimum absolute atomic E-state index is 0. The third-order valence-corrected chi connectivity index (χ3v) is 3.91. The first-order chi connectivity index (χ1) is 10.1. The Labute approximate surface area is 148 Å². The lowest BCUT2D eigenvalue weighted by atomic mass is 10.1. The topological polar surface area (TPSA) is 72.9 Å². The Morgan fingerprint density at radius 3 is 2.78 bits per heavy atom. The van der Waals surface area contributed by atoms with Gasteiger partial charge in [-0.25, -0.2) is 4.98 Å². The van der Waals surface area contributed by atoms with Gasteiger partial charge < -0.3 is 15.6 Å². The summed E-state index contributed by atoms with van der Waals surface area (Å²) in [6.07, 6.45) is 7.59. The van der Waals surface area contributed by atoms with Crippen LogP contribution in [-0.4, -0.2) is 28.0 Å². The van der Waals surface area contributed by atoms with E-state index in [1.165, 1.54) is 12.8 Å². The molecule has 1 saturated carbocycles. The molecule has 3 N–H and O–H groups in total. The van der Waals surface area contributed by atoms with Crippen molar-refractivity contribution >= 4 is 30.7 Å². The molecule has 126 valence electrons. The number of carbonyl (C=O) groups excluding carboxylic acids is 1. The van der Waals surface area contributed by atoms with Crippen molar-refractivity contribution in [1.82, 2.24) is 14.9 Å². The number of aromatic nitrogens is 2. The van der Waals surface area contributed by atoms with Crippen LogP contribution in [0.5, 0.6) is 0 Å². The Hall–Kier alpha value is -1.56. The van der Waals surface area contributed by atoms with E-state index in [9.17, 15) is 4.79 Å². The maximum absolute atomic E-state index is 12.5. The van der Waals surface area contributed by atoms with Crippen LogP contribution in [0.3, 0.4) is 0 Å². The van der Waals surface area contributed by atoms with Gasteiger partial charge in [0.25, 0.3) is 5.91 Å². The van der Waals surface area contributed by atoms with Crippen molar-refractivity contribution in [2.45, 2.75) is 25.8 Å². The quantitative estimate of drug-likeness (QED) is 0.864. The molecule has 1 aromatic heterocycles. The number of amides is 1. The van der Waals surface area contributed by atoms with Gasteiger partial charge in [-0.2, -0.15) is 0 Å². The highest BCUT2D eigenvalue weighted by molar-refractivity contribution is 5.98. The number of hydrogen-bond acceptors (Lipinski definition) is 3. The first-order valence-electron chi connectivity index (χ1n) is 7.28. The van der Waals surface area contributed by atoms with Gasteiger partial charge in [-0.1, -0.05) is 11.6 Å². The summed E-state index contributed by atoms with van der Waals surface area (Å²) < 4.78 is 1.84. The molecule has 2 aromatic rings. The van der Waals surface area contributed by atoms with Gasteiger partial charge in [-0.3, -0.25) is 4.79 Å². The molecule has 0 aliphatic heterocycles. The molecule has 1 aliphatic carbocycles. The number of aryl methyl sites for hydroxylation is 1. The predicted molar refractivity (Wildman–Crippen MR) is 95.8 cm³/mol. The van der Waals surface area contributed by atoms with Gasteiger partial charge in [-0.05, 0) is 37.8 Å². The van der Waals surface area contributed by atoms with Gasteiger partial charge in [0, 0.05) is 25.0 Å². The third kappa shape index (κ3) is 4.70. The van der Waals surface area contributed by atoms with Crippen molar-refractivity contribution in [2.24, 2.45) is 11.7 Å². The summed E-state index contributed by atoms with van der Waals surface area (Å²) in [5.41, 5.74) is 8.57. The summed E-state index contributed by atoms with van der Waals surface area (Å²) in [5, 5.41) is 2.95. The van der Waals surface area contributed by atoms with Crippen molar-refractivity contribution < 1.29 is 4.79 Å². The first-order valence-corrected chi connectivity index (χ1v) is 7.28. The second kappa shape index (κ2) is 8.34. The average Bonchev–Trinajstić information content (AvgIpc) is 3.20. The van der Waals surface area contributed by atoms with Gasteiger partial charge in [0.2, 0.25) is 0 Å². The number of imidazole rings is 1. The molecule has 23 heavy (non-hydrogen) atoms. The van der Waals surface area contributed by atoms with E-state index in [2.05, 4.69) is 10.3 Å². The molecule has 5 nitrogen and oxygen atoms in total. The Bertz CT molecular complexity index is 642. The van der Waals surface area contributed by atoms with Crippen LogP contribution in [0, 0.1) is 12.8 Å². The summed E-state index contributed by atoms with van der Waals surface area (Å²) in [6.45, 7) is 2.51. The number of nitrogens with two attached hydrogens (primary N) is 1. The van der Waals surface area contributed by atoms with Gasteiger partial charge in [0.15, 0.2) is 0 Å². The maximum Gasteiger partial charge on any atom is 0.253 e. The van der Waals surface area contributed by atoms with E-state index in [4.69, 9.17) is 5.73 Å². The molecule has 1 unspecified atom stereocenters. The van der Waals surface area contributed by atoms with Gasteiger partial charge >= 0.3 is 0 Å². The SMILES string of the molecule is Cc1ccc(-n2ccnc2)c(C(=O)NCC(N)C2CC2)c1.Cl.Cl. The predicted octanol–water partition coefficient (Wildman–Crippen LogP) is 2.49. The largest absolute Gasteiger partial charge is 0.350 e. The lowest BCUT2D eigenvalue weighted by Crippen LogP contribution is -2.38. The van der Waals surface area contributed by atoms with Gasteiger partial charge in [-0.15, -0.1) is 24.8 Å². The minimum atomic E-state index is -0.0847. The van der Waals surface area contributed by atoms with Crippen molar-refractivity contribution in [3.63, 3.8) is 0 Å². The molecule has 1 aromatic carbocycles. The number of rotatable bonds is 5. The number of benzene rings is 1. The number of carbonyl (C=O) groups is 1. The van der Waals surface area contributed by atoms with Crippen LogP contribution >= 0.6 is 24.8 Å². The lowest BCUT2D eigenvalue weighted by molar-refractivity contribution is 0.0950. The van der Waals surface area contributed by atoms with E-state index in [1.54, 1.807) is 12.5 Å². The van der Waals surface area contributed by atoms with Crippen LogP contribution in [0.2, 0.25) is 0 Å². The van der Waals surface area contributed by atoms with E-state index in [0.29, 0.717) is 18.0 Å². The zero-order valence-electron chi connectivity index (χ0n) is 12.9. The molecule has 0 saturated heterocycles.